The molecule has 1 aliphatic heterocycles. The molecule has 2 heterocycles. The maximum atomic E-state index is 13.1. The summed E-state index contributed by atoms with van der Waals surface area (Å²) in [6, 6.07) is 16.2. The van der Waals surface area contributed by atoms with Crippen LogP contribution in [0.2, 0.25) is 0 Å². The first-order valence-electron chi connectivity index (χ1n) is 12.2. The first-order chi connectivity index (χ1) is 18.7. The van der Waals surface area contributed by atoms with E-state index in [0.29, 0.717) is 35.0 Å². The van der Waals surface area contributed by atoms with E-state index in [-0.39, 0.29) is 19.0 Å². The van der Waals surface area contributed by atoms with E-state index in [0.717, 1.165) is 38.2 Å². The SMILES string of the molecule is CN/N=C(\SC=O)C1CN(S(N)(=O)=O)CCC1NC(=O)c1ccc(OCc2cc(C)nc3ccccc23)cc1. The number of hydrogen-bond acceptors (Lipinski definition) is 9. The fourth-order valence-corrected chi connectivity index (χ4v) is 5.95. The zero-order chi connectivity index (χ0) is 28.0. The lowest BCUT2D eigenvalue weighted by molar-refractivity contribution is 0.0913. The molecule has 1 aliphatic rings. The second kappa shape index (κ2) is 12.6. The summed E-state index contributed by atoms with van der Waals surface area (Å²) < 4.78 is 31.0. The normalized spacial score (nSPS) is 18.5. The van der Waals surface area contributed by atoms with Crippen molar-refractivity contribution in [2.24, 2.45) is 16.2 Å². The van der Waals surface area contributed by atoms with Crippen molar-refractivity contribution >= 4 is 49.4 Å². The van der Waals surface area contributed by atoms with E-state index in [4.69, 9.17) is 9.88 Å². The van der Waals surface area contributed by atoms with E-state index in [1.807, 2.05) is 37.3 Å². The molecule has 4 N–H and O–H groups in total. The van der Waals surface area contributed by atoms with Gasteiger partial charge >= 0.3 is 0 Å². The predicted molar refractivity (Wildman–Crippen MR) is 152 cm³/mol. The third-order valence-electron chi connectivity index (χ3n) is 6.40. The summed E-state index contributed by atoms with van der Waals surface area (Å²) in [6.07, 6.45) is 0.301. The van der Waals surface area contributed by atoms with E-state index < -0.39 is 22.2 Å². The molecule has 1 amide bonds. The summed E-state index contributed by atoms with van der Waals surface area (Å²) in [5, 5.41) is 13.8. The highest BCUT2D eigenvalue weighted by Gasteiger charge is 2.37. The van der Waals surface area contributed by atoms with Crippen LogP contribution in [0.3, 0.4) is 0 Å². The van der Waals surface area contributed by atoms with Crippen molar-refractivity contribution in [2.75, 3.05) is 20.1 Å². The van der Waals surface area contributed by atoms with Crippen LogP contribution in [0.1, 0.15) is 28.0 Å². The van der Waals surface area contributed by atoms with E-state index in [9.17, 15) is 18.0 Å². The van der Waals surface area contributed by atoms with Crippen LogP contribution >= 0.6 is 11.8 Å². The van der Waals surface area contributed by atoms with Crippen molar-refractivity contribution in [1.29, 1.82) is 0 Å². The summed E-state index contributed by atoms with van der Waals surface area (Å²) in [5.74, 6) is -0.295. The monoisotopic (exact) mass is 570 g/mol. The molecule has 0 saturated carbocycles. The van der Waals surface area contributed by atoms with Gasteiger partial charge in [0, 0.05) is 54.3 Å². The van der Waals surface area contributed by atoms with Gasteiger partial charge in [-0.2, -0.15) is 17.8 Å². The number of carbonyl (C=O) groups excluding carboxylic acids is 2. The molecule has 4 rings (SSSR count). The van der Waals surface area contributed by atoms with Gasteiger partial charge in [-0.25, -0.2) is 5.14 Å². The number of nitrogens with two attached hydrogens (primary N) is 1. The summed E-state index contributed by atoms with van der Waals surface area (Å²) in [4.78, 5) is 28.9. The van der Waals surface area contributed by atoms with Gasteiger partial charge in [-0.3, -0.25) is 14.6 Å². The van der Waals surface area contributed by atoms with Crippen LogP contribution in [-0.2, 0) is 21.6 Å². The Hall–Kier alpha value is -3.52. The molecule has 0 radical (unpaired) electrons. The molecule has 2 aromatic carbocycles. The Morgan fingerprint density at radius 2 is 2.00 bits per heavy atom. The summed E-state index contributed by atoms with van der Waals surface area (Å²) in [7, 11) is -2.37. The maximum Gasteiger partial charge on any atom is 0.276 e. The average Bonchev–Trinajstić information content (AvgIpc) is 2.91. The molecule has 0 aliphatic carbocycles. The number of aromatic nitrogens is 1. The Bertz CT molecular complexity index is 1480. The topological polar surface area (TPSA) is 156 Å². The second-order valence-electron chi connectivity index (χ2n) is 9.02. The van der Waals surface area contributed by atoms with Gasteiger partial charge in [0.1, 0.15) is 17.4 Å². The summed E-state index contributed by atoms with van der Waals surface area (Å²) in [5.41, 5.74) is 6.48. The molecule has 0 spiro atoms. The van der Waals surface area contributed by atoms with Gasteiger partial charge in [0.25, 0.3) is 16.1 Å². The molecule has 39 heavy (non-hydrogen) atoms. The highest BCUT2D eigenvalue weighted by Crippen LogP contribution is 2.26. The fraction of sp³-hybridized carbons (Fsp3) is 0.308. The average molecular weight is 571 g/mol. The highest BCUT2D eigenvalue weighted by molar-refractivity contribution is 8.24. The van der Waals surface area contributed by atoms with Crippen molar-refractivity contribution in [2.45, 2.75) is 26.0 Å². The minimum Gasteiger partial charge on any atom is -0.489 e. The lowest BCUT2D eigenvalue weighted by Gasteiger charge is -2.37. The molecule has 1 aromatic heterocycles. The molecular weight excluding hydrogens is 540 g/mol. The fourth-order valence-electron chi connectivity index (χ4n) is 4.56. The second-order valence-corrected chi connectivity index (χ2v) is 11.4. The standard InChI is InChI=1S/C26H30N6O5S2/c1-17-13-19(21-5-3-4-6-23(21)29-17)15-37-20-9-7-18(8-10-20)25(34)30-24-11-12-32(39(27,35)36)14-22(24)26(31-28-2)38-16-33/h3-10,13,16,22,24,28H,11-12,14-15H2,1-2H3,(H,30,34)(H2,27,35,36)/b31-26-. The van der Waals surface area contributed by atoms with Gasteiger partial charge in [-0.05, 0) is 61.5 Å². The molecule has 1 fully saturated rings. The number of benzene rings is 2. The number of thioether (sulfide) groups is 1. The molecule has 0 bridgehead atoms. The highest BCUT2D eigenvalue weighted by atomic mass is 32.2. The van der Waals surface area contributed by atoms with E-state index in [1.165, 1.54) is 0 Å². The largest absolute Gasteiger partial charge is 0.489 e. The number of nitrogens with one attached hydrogen (secondary N) is 2. The van der Waals surface area contributed by atoms with Gasteiger partial charge < -0.3 is 15.5 Å². The van der Waals surface area contributed by atoms with Gasteiger partial charge in [0.05, 0.1) is 5.52 Å². The van der Waals surface area contributed by atoms with Crippen molar-refractivity contribution in [3.8, 4) is 5.75 Å². The van der Waals surface area contributed by atoms with Crippen LogP contribution in [0.15, 0.2) is 59.7 Å². The van der Waals surface area contributed by atoms with Crippen LogP contribution in [0.5, 0.6) is 5.75 Å². The van der Waals surface area contributed by atoms with Crippen molar-refractivity contribution in [1.82, 2.24) is 20.0 Å². The Labute approximate surface area is 231 Å². The molecule has 3 aromatic rings. The number of ether oxygens (including phenoxy) is 1. The van der Waals surface area contributed by atoms with Gasteiger partial charge in [-0.1, -0.05) is 18.2 Å². The molecule has 13 heteroatoms. The summed E-state index contributed by atoms with van der Waals surface area (Å²) >= 11 is 0.827. The van der Waals surface area contributed by atoms with E-state index in [1.54, 1.807) is 31.3 Å². The molecule has 2 atom stereocenters. The third kappa shape index (κ3) is 7.12. The Morgan fingerprint density at radius 3 is 2.69 bits per heavy atom. The lowest BCUT2D eigenvalue weighted by Crippen LogP contribution is -2.55. The number of amides is 1. The Morgan fingerprint density at radius 1 is 1.26 bits per heavy atom. The third-order valence-corrected chi connectivity index (χ3v) is 8.18. The number of piperidine rings is 1. The number of rotatable bonds is 9. The zero-order valence-corrected chi connectivity index (χ0v) is 23.2. The van der Waals surface area contributed by atoms with Crippen molar-refractivity contribution in [3.05, 3.63) is 71.4 Å². The van der Waals surface area contributed by atoms with Gasteiger partial charge in [-0.15, -0.1) is 0 Å². The molecule has 1 saturated heterocycles. The van der Waals surface area contributed by atoms with Crippen LogP contribution in [0.4, 0.5) is 0 Å². The number of hydrazone groups is 1. The van der Waals surface area contributed by atoms with Gasteiger partial charge in [0.15, 0.2) is 5.62 Å². The number of carbonyl (C=O) groups is 2. The maximum absolute atomic E-state index is 13.1. The molecule has 2 unspecified atom stereocenters. The van der Waals surface area contributed by atoms with Crippen LogP contribution < -0.4 is 20.6 Å². The summed E-state index contributed by atoms with van der Waals surface area (Å²) in [6.45, 7) is 2.41. The van der Waals surface area contributed by atoms with E-state index >= 15 is 0 Å². The molecule has 11 nitrogen and oxygen atoms in total. The first kappa shape index (κ1) is 28.5. The minimum absolute atomic E-state index is 0.0128. The van der Waals surface area contributed by atoms with Crippen LogP contribution in [-0.4, -0.2) is 60.5 Å². The number of fused-ring (bicyclic) bond motifs is 1. The first-order valence-corrected chi connectivity index (χ1v) is 14.6. The number of nitrogens with zero attached hydrogens (tertiary/aromatic N) is 3. The number of pyridine rings is 1. The smallest absolute Gasteiger partial charge is 0.276 e. The Balaban J connectivity index is 1.45. The van der Waals surface area contributed by atoms with E-state index in [2.05, 4.69) is 20.8 Å². The van der Waals surface area contributed by atoms with Crippen LogP contribution in [0, 0.1) is 12.8 Å². The minimum atomic E-state index is -3.94. The quantitative estimate of drug-likeness (QED) is 0.153. The number of aryl methyl sites for hydroxylation is 1. The lowest BCUT2D eigenvalue weighted by atomic mass is 9.93. The predicted octanol–water partition coefficient (Wildman–Crippen LogP) is 2.20. The zero-order valence-electron chi connectivity index (χ0n) is 21.5. The van der Waals surface area contributed by atoms with Crippen LogP contribution in [0.25, 0.3) is 10.9 Å². The molecular formula is C26H30N6O5S2. The number of para-hydroxylation sites is 1. The van der Waals surface area contributed by atoms with Crippen molar-refractivity contribution in [3.63, 3.8) is 0 Å². The number of hydrogen-bond donors (Lipinski definition) is 3. The van der Waals surface area contributed by atoms with Gasteiger partial charge in [0.2, 0.25) is 0 Å². The van der Waals surface area contributed by atoms with Crippen molar-refractivity contribution < 1.29 is 22.7 Å². The molecule has 206 valence electrons. The Kier molecular flexibility index (Phi) is 9.17.